The van der Waals surface area contributed by atoms with E-state index in [9.17, 15) is 8.42 Å². The molecule has 0 fully saturated rings. The highest BCUT2D eigenvalue weighted by molar-refractivity contribution is 7.89. The lowest BCUT2D eigenvalue weighted by Gasteiger charge is -2.08. The molecule has 0 aliphatic rings. The summed E-state index contributed by atoms with van der Waals surface area (Å²) in [4.78, 5) is 3.75. The molecule has 0 saturated heterocycles. The molecule has 8 heteroatoms. The molecule has 0 bridgehead atoms. The number of nitrogen functional groups attached to an aromatic ring is 1. The zero-order chi connectivity index (χ0) is 14.8. The summed E-state index contributed by atoms with van der Waals surface area (Å²) in [7, 11) is -2.17. The van der Waals surface area contributed by atoms with Crippen LogP contribution in [0.2, 0.25) is 0 Å². The fraction of sp³-hybridized carbons (Fsp3) is 0.250. The molecule has 0 aliphatic heterocycles. The Balaban J connectivity index is 2.17. The number of hydrogen-bond donors (Lipinski definition) is 3. The molecule has 4 N–H and O–H groups in total. The Hall–Kier alpha value is -1.90. The maximum atomic E-state index is 12.2. The largest absolute Gasteiger partial charge is 0.392 e. The average molecular weight is 296 g/mol. The van der Waals surface area contributed by atoms with Crippen LogP contribution < -0.4 is 10.5 Å². The van der Waals surface area contributed by atoms with Crippen molar-refractivity contribution >= 4 is 15.8 Å². The molecule has 1 aromatic heterocycles. The van der Waals surface area contributed by atoms with Crippen molar-refractivity contribution in [1.82, 2.24) is 14.3 Å². The number of aliphatic hydroxyl groups excluding tert-OH is 1. The van der Waals surface area contributed by atoms with Crippen LogP contribution in [0.25, 0.3) is 0 Å². The lowest BCUT2D eigenvalue weighted by Crippen LogP contribution is -2.26. The second-order valence-corrected chi connectivity index (χ2v) is 6.03. The molecular weight excluding hydrogens is 280 g/mol. The zero-order valence-corrected chi connectivity index (χ0v) is 11.8. The molecule has 2 rings (SSSR count). The van der Waals surface area contributed by atoms with E-state index in [4.69, 9.17) is 10.8 Å². The molecule has 108 valence electrons. The number of aryl methyl sites for hydroxylation is 1. The molecule has 0 amide bonds. The van der Waals surface area contributed by atoms with Crippen molar-refractivity contribution in [2.24, 2.45) is 7.05 Å². The number of nitrogens with two attached hydrogens (primary N) is 1. The first-order valence-corrected chi connectivity index (χ1v) is 7.37. The molecule has 0 unspecified atom stereocenters. The fourth-order valence-corrected chi connectivity index (χ4v) is 3.10. The normalized spacial score (nSPS) is 11.7. The third-order valence-electron chi connectivity index (χ3n) is 2.80. The summed E-state index contributed by atoms with van der Waals surface area (Å²) in [6.45, 7) is 0.0239. The highest BCUT2D eigenvalue weighted by atomic mass is 32.2. The maximum Gasteiger partial charge on any atom is 0.260 e. The van der Waals surface area contributed by atoms with Gasteiger partial charge in [-0.1, -0.05) is 24.3 Å². The predicted molar refractivity (Wildman–Crippen MR) is 74.0 cm³/mol. The van der Waals surface area contributed by atoms with Crippen molar-refractivity contribution in [1.29, 1.82) is 0 Å². The second kappa shape index (κ2) is 5.61. The first-order valence-electron chi connectivity index (χ1n) is 5.89. The van der Waals surface area contributed by atoms with Gasteiger partial charge in [0.2, 0.25) is 0 Å². The highest BCUT2D eigenvalue weighted by Crippen LogP contribution is 2.15. The number of rotatable bonds is 5. The molecule has 0 aliphatic carbocycles. The van der Waals surface area contributed by atoms with Gasteiger partial charge in [-0.2, -0.15) is 0 Å². The van der Waals surface area contributed by atoms with Crippen LogP contribution in [0.3, 0.4) is 0 Å². The number of anilines is 1. The van der Waals surface area contributed by atoms with Crippen LogP contribution in [0, 0.1) is 0 Å². The minimum Gasteiger partial charge on any atom is -0.392 e. The average Bonchev–Trinajstić information content (AvgIpc) is 2.77. The van der Waals surface area contributed by atoms with Crippen LogP contribution in [0.5, 0.6) is 0 Å². The number of nitrogens with zero attached hydrogens (tertiary/aromatic N) is 2. The molecule has 0 atom stereocenters. The minimum atomic E-state index is -3.73. The number of hydrogen-bond acceptors (Lipinski definition) is 5. The smallest absolute Gasteiger partial charge is 0.260 e. The Morgan fingerprint density at radius 2 is 2.10 bits per heavy atom. The number of benzene rings is 1. The number of sulfonamides is 1. The summed E-state index contributed by atoms with van der Waals surface area (Å²) in [6.07, 6.45) is 1.34. The highest BCUT2D eigenvalue weighted by Gasteiger charge is 2.21. The van der Waals surface area contributed by atoms with Crippen LogP contribution in [-0.4, -0.2) is 23.1 Å². The number of nitrogens with one attached hydrogen (secondary N) is 1. The summed E-state index contributed by atoms with van der Waals surface area (Å²) in [5.41, 5.74) is 7.03. The molecule has 0 spiro atoms. The van der Waals surface area contributed by atoms with Crippen molar-refractivity contribution in [3.05, 3.63) is 41.7 Å². The Morgan fingerprint density at radius 3 is 2.70 bits per heavy atom. The van der Waals surface area contributed by atoms with E-state index >= 15 is 0 Å². The molecular formula is C12H16N4O3S. The number of imidazole rings is 1. The molecule has 1 aromatic carbocycles. The molecule has 20 heavy (non-hydrogen) atoms. The quantitative estimate of drug-likeness (QED) is 0.718. The van der Waals surface area contributed by atoms with E-state index in [0.29, 0.717) is 0 Å². The molecule has 0 saturated carbocycles. The van der Waals surface area contributed by atoms with E-state index in [-0.39, 0.29) is 24.0 Å². The number of aromatic nitrogens is 2. The maximum absolute atomic E-state index is 12.2. The lowest BCUT2D eigenvalue weighted by molar-refractivity contribution is 0.281. The van der Waals surface area contributed by atoms with Gasteiger partial charge in [-0.25, -0.2) is 18.1 Å². The molecule has 2 aromatic rings. The summed E-state index contributed by atoms with van der Waals surface area (Å²) in [6, 6.07) is 7.02. The predicted octanol–water partition coefficient (Wildman–Crippen LogP) is -0.0269. The van der Waals surface area contributed by atoms with Gasteiger partial charge in [-0.15, -0.1) is 0 Å². The van der Waals surface area contributed by atoms with Crippen molar-refractivity contribution in [3.8, 4) is 0 Å². The first-order chi connectivity index (χ1) is 9.44. The van der Waals surface area contributed by atoms with Gasteiger partial charge in [0.15, 0.2) is 10.8 Å². The Labute approximate surface area is 117 Å². The van der Waals surface area contributed by atoms with Gasteiger partial charge in [-0.05, 0) is 11.1 Å². The van der Waals surface area contributed by atoms with E-state index in [1.165, 1.54) is 10.9 Å². The van der Waals surface area contributed by atoms with Gasteiger partial charge in [0, 0.05) is 13.6 Å². The monoisotopic (exact) mass is 296 g/mol. The van der Waals surface area contributed by atoms with E-state index in [1.807, 2.05) is 0 Å². The topological polar surface area (TPSA) is 110 Å². The van der Waals surface area contributed by atoms with Gasteiger partial charge in [-0.3, -0.25) is 0 Å². The summed E-state index contributed by atoms with van der Waals surface area (Å²) in [5, 5.41) is 8.99. The Morgan fingerprint density at radius 1 is 1.40 bits per heavy atom. The van der Waals surface area contributed by atoms with Crippen LogP contribution in [0.15, 0.2) is 35.6 Å². The molecule has 1 heterocycles. The van der Waals surface area contributed by atoms with E-state index < -0.39 is 10.0 Å². The summed E-state index contributed by atoms with van der Waals surface area (Å²) in [5.74, 6) is -0.0379. The van der Waals surface area contributed by atoms with Gasteiger partial charge < -0.3 is 15.4 Å². The van der Waals surface area contributed by atoms with Crippen LogP contribution in [-0.2, 0) is 30.2 Å². The van der Waals surface area contributed by atoms with E-state index in [2.05, 4.69) is 9.71 Å². The third kappa shape index (κ3) is 2.98. The second-order valence-electron chi connectivity index (χ2n) is 4.35. The van der Waals surface area contributed by atoms with Crippen LogP contribution in [0.1, 0.15) is 11.1 Å². The van der Waals surface area contributed by atoms with Crippen molar-refractivity contribution in [3.63, 3.8) is 0 Å². The lowest BCUT2D eigenvalue weighted by atomic mass is 10.1. The van der Waals surface area contributed by atoms with Crippen LogP contribution in [0.4, 0.5) is 5.82 Å². The summed E-state index contributed by atoms with van der Waals surface area (Å²) < 4.78 is 28.1. The standard InChI is InChI=1S/C12H16N4O3S/c1-16-8-14-11(13)12(16)20(18,19)15-6-9-3-2-4-10(5-9)7-17/h2-5,8,15,17H,6-7,13H2,1H3. The Bertz CT molecular complexity index is 690. The van der Waals surface area contributed by atoms with Crippen molar-refractivity contribution < 1.29 is 13.5 Å². The number of aliphatic hydroxyl groups is 1. The van der Waals surface area contributed by atoms with Gasteiger partial charge in [0.25, 0.3) is 10.0 Å². The summed E-state index contributed by atoms with van der Waals surface area (Å²) >= 11 is 0. The zero-order valence-electron chi connectivity index (χ0n) is 10.9. The third-order valence-corrected chi connectivity index (χ3v) is 4.33. The fourth-order valence-electron chi connectivity index (χ4n) is 1.85. The van der Waals surface area contributed by atoms with Gasteiger partial charge >= 0.3 is 0 Å². The van der Waals surface area contributed by atoms with Gasteiger partial charge in [0.05, 0.1) is 12.9 Å². The van der Waals surface area contributed by atoms with Crippen LogP contribution >= 0.6 is 0 Å². The Kier molecular flexibility index (Phi) is 4.07. The van der Waals surface area contributed by atoms with Crippen molar-refractivity contribution in [2.45, 2.75) is 18.2 Å². The van der Waals surface area contributed by atoms with E-state index in [0.717, 1.165) is 11.1 Å². The van der Waals surface area contributed by atoms with E-state index in [1.54, 1.807) is 31.3 Å². The van der Waals surface area contributed by atoms with Gasteiger partial charge in [0.1, 0.15) is 0 Å². The minimum absolute atomic E-state index is 0.0379. The first kappa shape index (κ1) is 14.5. The molecule has 0 radical (unpaired) electrons. The molecule has 7 nitrogen and oxygen atoms in total. The van der Waals surface area contributed by atoms with Crippen molar-refractivity contribution in [2.75, 3.05) is 5.73 Å². The SMILES string of the molecule is Cn1cnc(N)c1S(=O)(=O)NCc1cccc(CO)c1.